The van der Waals surface area contributed by atoms with Crippen molar-refractivity contribution in [2.45, 2.75) is 256 Å². The molecule has 7 unspecified atom stereocenters. The van der Waals surface area contributed by atoms with Gasteiger partial charge in [-0.1, -0.05) is 205 Å². The molecule has 1 rings (SSSR count). The van der Waals surface area contributed by atoms with Gasteiger partial charge in [-0.3, -0.25) is 4.79 Å². The van der Waals surface area contributed by atoms with Crippen molar-refractivity contribution < 1.29 is 39.8 Å². The Kier molecular flexibility index (Phi) is 35.7. The van der Waals surface area contributed by atoms with Gasteiger partial charge >= 0.3 is 0 Å². The average Bonchev–Trinajstić information content (AvgIpc) is 3.20. The number of aliphatic hydroxyl groups excluding tert-OH is 5. The Labute approximate surface area is 343 Å². The van der Waals surface area contributed by atoms with Crippen molar-refractivity contribution in [3.63, 3.8) is 0 Å². The van der Waals surface area contributed by atoms with Crippen LogP contribution in [0.2, 0.25) is 0 Å². The van der Waals surface area contributed by atoms with Crippen LogP contribution < -0.4 is 5.32 Å². The number of ether oxygens (including phenoxy) is 2. The molecular weight excluding hydrogens is 707 g/mol. The van der Waals surface area contributed by atoms with Gasteiger partial charge in [-0.2, -0.15) is 0 Å². The molecular formula is C47H89NO8. The summed E-state index contributed by atoms with van der Waals surface area (Å²) >= 11 is 0. The normalized spacial score (nSPS) is 21.3. The van der Waals surface area contributed by atoms with E-state index in [1.165, 1.54) is 148 Å². The molecule has 0 aromatic carbocycles. The van der Waals surface area contributed by atoms with Crippen LogP contribution >= 0.6 is 0 Å². The van der Waals surface area contributed by atoms with Gasteiger partial charge in [0.15, 0.2) is 6.29 Å². The molecule has 0 aromatic rings. The van der Waals surface area contributed by atoms with E-state index in [1.54, 1.807) is 6.08 Å². The van der Waals surface area contributed by atoms with Crippen LogP contribution in [0.4, 0.5) is 0 Å². The van der Waals surface area contributed by atoms with Crippen molar-refractivity contribution >= 4 is 5.91 Å². The summed E-state index contributed by atoms with van der Waals surface area (Å²) in [5.74, 6) is -0.187. The number of carbonyl (C=O) groups is 1. The van der Waals surface area contributed by atoms with Crippen LogP contribution in [0.1, 0.15) is 213 Å². The fourth-order valence-electron chi connectivity index (χ4n) is 7.45. The van der Waals surface area contributed by atoms with E-state index in [9.17, 15) is 30.3 Å². The fourth-order valence-corrected chi connectivity index (χ4v) is 7.45. The van der Waals surface area contributed by atoms with E-state index in [0.29, 0.717) is 6.42 Å². The van der Waals surface area contributed by atoms with Crippen molar-refractivity contribution in [1.82, 2.24) is 5.32 Å². The van der Waals surface area contributed by atoms with E-state index in [2.05, 4.69) is 31.3 Å². The highest BCUT2D eigenvalue weighted by Crippen LogP contribution is 2.23. The number of allylic oxidation sites excluding steroid dienone is 3. The molecule has 9 nitrogen and oxygen atoms in total. The van der Waals surface area contributed by atoms with Crippen molar-refractivity contribution in [2.75, 3.05) is 13.2 Å². The van der Waals surface area contributed by atoms with Crippen LogP contribution in [0.25, 0.3) is 0 Å². The van der Waals surface area contributed by atoms with E-state index in [-0.39, 0.29) is 12.5 Å². The van der Waals surface area contributed by atoms with Gasteiger partial charge in [0.2, 0.25) is 5.91 Å². The third kappa shape index (κ3) is 28.2. The molecule has 1 fully saturated rings. The molecule has 0 aliphatic carbocycles. The quantitative estimate of drug-likeness (QED) is 0.0266. The van der Waals surface area contributed by atoms with Gasteiger partial charge < -0.3 is 40.3 Å². The molecule has 0 aromatic heterocycles. The highest BCUT2D eigenvalue weighted by molar-refractivity contribution is 5.76. The maximum Gasteiger partial charge on any atom is 0.220 e. The summed E-state index contributed by atoms with van der Waals surface area (Å²) in [5, 5.41) is 53.9. The van der Waals surface area contributed by atoms with E-state index in [1.807, 2.05) is 6.08 Å². The van der Waals surface area contributed by atoms with Crippen LogP contribution in [-0.2, 0) is 14.3 Å². The van der Waals surface area contributed by atoms with E-state index >= 15 is 0 Å². The van der Waals surface area contributed by atoms with Gasteiger partial charge in [0.25, 0.3) is 0 Å². The standard InChI is InChI=1S/C47H89NO8/c1-3-5-7-9-11-13-14-15-16-17-18-19-20-21-22-23-24-25-26-27-28-29-31-33-35-37-43(51)48-40(41(50)36-34-32-30-12-10-8-6-4-2)39-55-47-46(54)45(53)44(52)42(38-49)56-47/h10,12,34,36,40-42,44-47,49-50,52-54H,3-9,11,13-33,35,37-39H2,1-2H3,(H,48,51)/b12-10+,36-34+. The van der Waals surface area contributed by atoms with Crippen LogP contribution in [0.5, 0.6) is 0 Å². The van der Waals surface area contributed by atoms with Gasteiger partial charge in [0.05, 0.1) is 25.4 Å². The number of unbranched alkanes of at least 4 members (excludes halogenated alkanes) is 27. The van der Waals surface area contributed by atoms with Crippen molar-refractivity contribution in [3.05, 3.63) is 24.3 Å². The molecule has 9 heteroatoms. The van der Waals surface area contributed by atoms with Crippen molar-refractivity contribution in [2.24, 2.45) is 0 Å². The van der Waals surface area contributed by atoms with E-state index < -0.39 is 49.5 Å². The fraction of sp³-hybridized carbons (Fsp3) is 0.894. The zero-order valence-corrected chi connectivity index (χ0v) is 36.1. The summed E-state index contributed by atoms with van der Waals surface area (Å²) < 4.78 is 11.1. The summed E-state index contributed by atoms with van der Waals surface area (Å²) in [6.07, 6.45) is 38.4. The smallest absolute Gasteiger partial charge is 0.220 e. The molecule has 0 spiro atoms. The second-order valence-corrected chi connectivity index (χ2v) is 16.5. The lowest BCUT2D eigenvalue weighted by atomic mass is 9.99. The SMILES string of the molecule is CCCC/C=C/CC/C=C/C(O)C(COC1OC(CO)C(O)C(O)C1O)NC(=O)CCCCCCCCCCCCCCCCCCCCCCCCCCC. The van der Waals surface area contributed by atoms with Crippen LogP contribution in [0.3, 0.4) is 0 Å². The minimum Gasteiger partial charge on any atom is -0.394 e. The Morgan fingerprint density at radius 2 is 1.02 bits per heavy atom. The maximum absolute atomic E-state index is 12.9. The summed E-state index contributed by atoms with van der Waals surface area (Å²) in [5.41, 5.74) is 0. The summed E-state index contributed by atoms with van der Waals surface area (Å²) in [6.45, 7) is 3.69. The predicted octanol–water partition coefficient (Wildman–Crippen LogP) is 9.89. The Morgan fingerprint density at radius 3 is 1.48 bits per heavy atom. The molecule has 0 bridgehead atoms. The molecule has 330 valence electrons. The molecule has 1 heterocycles. The second kappa shape index (κ2) is 37.9. The molecule has 7 atom stereocenters. The Bertz CT molecular complexity index is 930. The number of aliphatic hydroxyl groups is 5. The third-order valence-corrected chi connectivity index (χ3v) is 11.3. The zero-order chi connectivity index (χ0) is 40.9. The monoisotopic (exact) mass is 796 g/mol. The Hall–Kier alpha value is -1.33. The Morgan fingerprint density at radius 1 is 0.589 bits per heavy atom. The topological polar surface area (TPSA) is 149 Å². The minimum atomic E-state index is -1.57. The number of nitrogens with one attached hydrogen (secondary N) is 1. The number of rotatable bonds is 39. The van der Waals surface area contributed by atoms with Gasteiger partial charge in [-0.05, 0) is 25.7 Å². The highest BCUT2D eigenvalue weighted by Gasteiger charge is 2.44. The highest BCUT2D eigenvalue weighted by atomic mass is 16.7. The molecule has 56 heavy (non-hydrogen) atoms. The average molecular weight is 796 g/mol. The summed E-state index contributed by atoms with van der Waals surface area (Å²) in [7, 11) is 0. The molecule has 6 N–H and O–H groups in total. The lowest BCUT2D eigenvalue weighted by Crippen LogP contribution is -2.60. The number of amides is 1. The predicted molar refractivity (Wildman–Crippen MR) is 230 cm³/mol. The molecule has 0 saturated carbocycles. The first-order valence-electron chi connectivity index (χ1n) is 23.6. The number of carbonyl (C=O) groups excluding carboxylic acids is 1. The molecule has 1 aliphatic rings. The lowest BCUT2D eigenvalue weighted by molar-refractivity contribution is -0.302. The molecule has 1 aliphatic heterocycles. The van der Waals surface area contributed by atoms with Crippen LogP contribution in [0.15, 0.2) is 24.3 Å². The molecule has 0 radical (unpaired) electrons. The van der Waals surface area contributed by atoms with Crippen molar-refractivity contribution in [3.8, 4) is 0 Å². The summed E-state index contributed by atoms with van der Waals surface area (Å²) in [6, 6.07) is -0.814. The van der Waals surface area contributed by atoms with Crippen LogP contribution in [-0.4, -0.2) is 87.5 Å². The molecule has 1 saturated heterocycles. The third-order valence-electron chi connectivity index (χ3n) is 11.3. The van der Waals surface area contributed by atoms with Crippen LogP contribution in [0, 0.1) is 0 Å². The van der Waals surface area contributed by atoms with Gasteiger partial charge in [-0.15, -0.1) is 0 Å². The number of hydrogen-bond acceptors (Lipinski definition) is 8. The Balaban J connectivity index is 2.17. The van der Waals surface area contributed by atoms with Gasteiger partial charge in [0.1, 0.15) is 24.4 Å². The zero-order valence-electron chi connectivity index (χ0n) is 36.1. The minimum absolute atomic E-state index is 0.187. The largest absolute Gasteiger partial charge is 0.394 e. The second-order valence-electron chi connectivity index (χ2n) is 16.5. The lowest BCUT2D eigenvalue weighted by Gasteiger charge is -2.40. The maximum atomic E-state index is 12.9. The molecule has 1 amide bonds. The van der Waals surface area contributed by atoms with Gasteiger partial charge in [0, 0.05) is 6.42 Å². The van der Waals surface area contributed by atoms with Gasteiger partial charge in [-0.25, -0.2) is 0 Å². The number of hydrogen-bond donors (Lipinski definition) is 6. The van der Waals surface area contributed by atoms with E-state index in [0.717, 1.165) is 44.9 Å². The first kappa shape index (κ1) is 52.7. The van der Waals surface area contributed by atoms with Crippen molar-refractivity contribution in [1.29, 1.82) is 0 Å². The van der Waals surface area contributed by atoms with E-state index in [4.69, 9.17) is 9.47 Å². The first-order chi connectivity index (χ1) is 27.3. The summed E-state index contributed by atoms with van der Waals surface area (Å²) in [4.78, 5) is 12.9. The first-order valence-corrected chi connectivity index (χ1v) is 23.6.